The summed E-state index contributed by atoms with van der Waals surface area (Å²) in [6.07, 6.45) is 16.2. The highest BCUT2D eigenvalue weighted by Gasteiger charge is 2.34. The van der Waals surface area contributed by atoms with Crippen molar-refractivity contribution in [1.29, 1.82) is 0 Å². The Morgan fingerprint density at radius 2 is 0.748 bits per heavy atom. The van der Waals surface area contributed by atoms with Crippen molar-refractivity contribution in [3.05, 3.63) is 30.3 Å². The molecular formula is C71H146N16O12S4. The lowest BCUT2D eigenvalue weighted by molar-refractivity contribution is -0.129. The molecule has 11 rings (SSSR count). The molecule has 0 aromatic heterocycles. The summed E-state index contributed by atoms with van der Waals surface area (Å²) in [5.74, 6) is 0.255. The van der Waals surface area contributed by atoms with Gasteiger partial charge in [-0.15, -0.1) is 0 Å². The van der Waals surface area contributed by atoms with E-state index in [9.17, 15) is 43.3 Å². The lowest BCUT2D eigenvalue weighted by atomic mass is 10.1. The molecule has 4 N–H and O–H groups in total. The lowest BCUT2D eigenvalue weighted by Crippen LogP contribution is -2.40. The van der Waals surface area contributed by atoms with Gasteiger partial charge in [-0.25, -0.2) is 42.7 Å². The van der Waals surface area contributed by atoms with Crippen molar-refractivity contribution in [2.75, 3.05) is 262 Å². The van der Waals surface area contributed by atoms with Gasteiger partial charge in [0.1, 0.15) is 0 Å². The van der Waals surface area contributed by atoms with Crippen molar-refractivity contribution in [2.24, 2.45) is 0 Å². The minimum atomic E-state index is -3.11. The van der Waals surface area contributed by atoms with Crippen LogP contribution in [0, 0.1) is 0 Å². The molecule has 606 valence electrons. The quantitative estimate of drug-likeness (QED) is 0.233. The van der Waals surface area contributed by atoms with Crippen molar-refractivity contribution in [3.8, 4) is 0 Å². The van der Waals surface area contributed by atoms with Crippen LogP contribution in [0.25, 0.3) is 0 Å². The number of hydrogen-bond donors (Lipinski definition) is 4. The Bertz CT molecular complexity index is 2960. The first-order valence-corrected chi connectivity index (χ1v) is 44.4. The van der Waals surface area contributed by atoms with Gasteiger partial charge < -0.3 is 79.2 Å². The number of aliphatic hydroxyl groups excluding tert-OH is 2. The predicted octanol–water partition coefficient (Wildman–Crippen LogP) is 0.366. The van der Waals surface area contributed by atoms with Crippen molar-refractivity contribution in [3.63, 3.8) is 0 Å². The zero-order valence-corrected chi connectivity index (χ0v) is 70.9. The fourth-order valence-corrected chi connectivity index (χ4v) is 17.9. The summed E-state index contributed by atoms with van der Waals surface area (Å²) in [5, 5.41) is 20.4. The van der Waals surface area contributed by atoms with E-state index >= 15 is 0 Å². The summed E-state index contributed by atoms with van der Waals surface area (Å²) >= 11 is 0. The summed E-state index contributed by atoms with van der Waals surface area (Å²) in [6, 6.07) is 11.5. The van der Waals surface area contributed by atoms with E-state index in [2.05, 4.69) is 127 Å². The van der Waals surface area contributed by atoms with Gasteiger partial charge >= 0.3 is 0 Å². The summed E-state index contributed by atoms with van der Waals surface area (Å²) in [7, 11) is 20.9. The Balaban J connectivity index is 0.000000391. The molecule has 2 amide bonds. The molecule has 0 spiro atoms. The summed E-state index contributed by atoms with van der Waals surface area (Å²) < 4.78 is 94.1. The third kappa shape index (κ3) is 41.6. The SMILES string of the molecule is CC(=O)N(C)C1CCN(C)C1.CC(=O)NC1CCN(C)C1.CN1CCC(N(C)C)C1.CN1CCC(N(C)C)CC1.CN1CCC(N(C)S(C)(=O)=O)C1.CN1CCC(NS(C)(=O)=O)C1.CN1CCC(O)C1.CN1CCC(O)CC1.CN1CCC(S(=O)(=O)c2ccccc2)C1.CN1CCC(S(C)(=O)=O)C1. The number of amides is 2. The van der Waals surface area contributed by atoms with Gasteiger partial charge in [-0.2, -0.15) is 0 Å². The number of aliphatic hydroxyl groups is 2. The Hall–Kier alpha value is -2.68. The van der Waals surface area contributed by atoms with Crippen LogP contribution in [0.15, 0.2) is 35.2 Å². The summed E-state index contributed by atoms with van der Waals surface area (Å²) in [6.45, 7) is 23.3. The van der Waals surface area contributed by atoms with Gasteiger partial charge in [0, 0.05) is 142 Å². The Labute approximate surface area is 627 Å². The van der Waals surface area contributed by atoms with Crippen molar-refractivity contribution in [2.45, 2.75) is 155 Å². The van der Waals surface area contributed by atoms with Gasteiger partial charge in [0.15, 0.2) is 19.7 Å². The fraction of sp³-hybridized carbons (Fsp3) is 0.887. The minimum Gasteiger partial charge on any atom is -0.393 e. The largest absolute Gasteiger partial charge is 0.393 e. The average molecular weight is 1540 g/mol. The molecule has 1 aromatic carbocycles. The molecule has 103 heavy (non-hydrogen) atoms. The molecule has 10 saturated heterocycles. The number of benzene rings is 1. The number of nitrogens with one attached hydrogen (secondary N) is 2. The van der Waals surface area contributed by atoms with Gasteiger partial charge in [0.2, 0.25) is 31.9 Å². The van der Waals surface area contributed by atoms with Crippen LogP contribution in [-0.4, -0.2) is 445 Å². The van der Waals surface area contributed by atoms with Crippen LogP contribution in [0.3, 0.4) is 0 Å². The average Bonchev–Trinajstić information content (AvgIpc) is 1.73. The van der Waals surface area contributed by atoms with Gasteiger partial charge in [0.05, 0.1) is 40.1 Å². The molecule has 10 fully saturated rings. The van der Waals surface area contributed by atoms with E-state index in [-0.39, 0.29) is 46.6 Å². The molecule has 0 saturated carbocycles. The second kappa shape index (κ2) is 48.1. The fourth-order valence-electron chi connectivity index (χ4n) is 13.6. The number of hydrogen-bond acceptors (Lipinski definition) is 24. The Morgan fingerprint density at radius 3 is 1.05 bits per heavy atom. The maximum atomic E-state index is 12.2. The van der Waals surface area contributed by atoms with E-state index < -0.39 is 39.7 Å². The number of sulfonamides is 2. The van der Waals surface area contributed by atoms with E-state index in [1.807, 2.05) is 58.2 Å². The first-order valence-electron chi connectivity index (χ1n) is 37.2. The lowest BCUT2D eigenvalue weighted by Gasteiger charge is -2.32. The van der Waals surface area contributed by atoms with Crippen LogP contribution >= 0.6 is 0 Å². The molecule has 8 atom stereocenters. The number of rotatable bonds is 11. The number of likely N-dealkylation sites (N-methyl/N-ethyl adjacent to an activating group) is 9. The maximum absolute atomic E-state index is 12.2. The third-order valence-corrected chi connectivity index (χ3v) is 26.7. The number of β-amino-alcohol motifs (C(OH)–C–C–N with tert-alkyl or cyclic N) is 1. The smallest absolute Gasteiger partial charge is 0.219 e. The summed E-state index contributed by atoms with van der Waals surface area (Å²) in [4.78, 5) is 50.5. The molecule has 10 heterocycles. The second-order valence-corrected chi connectivity index (χ2v) is 39.7. The third-order valence-electron chi connectivity index (χ3n) is 20.8. The number of carbonyl (C=O) groups excluding carboxylic acids is 2. The minimum absolute atomic E-state index is 0.0220. The predicted molar refractivity (Wildman–Crippen MR) is 421 cm³/mol. The highest BCUT2D eigenvalue weighted by molar-refractivity contribution is 7.92. The van der Waals surface area contributed by atoms with Crippen molar-refractivity contribution in [1.82, 2.24) is 78.0 Å². The zero-order valence-electron chi connectivity index (χ0n) is 67.7. The molecule has 28 nitrogen and oxygen atoms in total. The molecule has 10 aliphatic rings. The van der Waals surface area contributed by atoms with E-state index in [4.69, 9.17) is 10.2 Å². The van der Waals surface area contributed by atoms with E-state index in [1.165, 1.54) is 68.5 Å². The second-order valence-electron chi connectivity index (χ2n) is 31.3. The van der Waals surface area contributed by atoms with E-state index in [0.29, 0.717) is 30.1 Å². The zero-order chi connectivity index (χ0) is 78.2. The molecular weight excluding hydrogens is 1400 g/mol. The number of likely N-dealkylation sites (tertiary alicyclic amines) is 10. The normalized spacial score (nSPS) is 26.9. The van der Waals surface area contributed by atoms with Crippen LogP contribution in [0.5, 0.6) is 0 Å². The van der Waals surface area contributed by atoms with Gasteiger partial charge in [-0.3, -0.25) is 9.59 Å². The van der Waals surface area contributed by atoms with Gasteiger partial charge in [-0.1, -0.05) is 18.2 Å². The standard InChI is InChI=1S/C11H15NO2S.C8H16N2O.C8H18N2.C7H16N2O2S.C7H14N2O.C7H16N2.C6H14N2O2S.C6H13NO2S.C6H13NO.C5H11NO/c1-12-8-7-11(9-12)15(13,14)10-5-3-2-4-6-10;1-7(11)10(3)8-4-5-9(2)6-8;1-9(2)8-4-6-10(3)7-5-8;1-8-5-4-7(6-8)9(2)12(3,10)11;1-6(10)8-7-3-4-9(2)5-7;1-8(2)7-4-5-9(3)6-7;1-8-4-3-6(5-8)7-11(2,9)10;1-7-4-3-6(5-7)10(2,8)9;1-7-4-2-6(8)3-5-7;1-6-3-2-5(7)4-6/h2-6,11H,7-9H2,1H3;8H,4-6H2,1-3H3;8H,4-7H2,1-3H3;7H,4-6H2,1-3H3;7H,3-5H2,1-2H3,(H,8,10);7H,4-6H2,1-3H3;6-7H,3-5H2,1-2H3;6H,3-5H2,1-2H3;6,8H,2-5H2,1H3;5,7H,2-4H2,1H3. The van der Waals surface area contributed by atoms with Crippen LogP contribution in [-0.2, 0) is 49.3 Å². The Kier molecular flexibility index (Phi) is 45.0. The topological polar surface area (TPSA) is 281 Å². The number of piperidine rings is 2. The van der Waals surface area contributed by atoms with E-state index in [0.717, 1.165) is 161 Å². The highest BCUT2D eigenvalue weighted by atomic mass is 32.2. The van der Waals surface area contributed by atoms with Crippen LogP contribution in [0.1, 0.15) is 90.9 Å². The van der Waals surface area contributed by atoms with Crippen LogP contribution in [0.4, 0.5) is 0 Å². The van der Waals surface area contributed by atoms with E-state index in [1.54, 1.807) is 45.2 Å². The molecule has 0 aliphatic carbocycles. The van der Waals surface area contributed by atoms with Crippen molar-refractivity contribution >= 4 is 51.5 Å². The summed E-state index contributed by atoms with van der Waals surface area (Å²) in [5.41, 5.74) is 0. The van der Waals surface area contributed by atoms with Gasteiger partial charge in [-0.05, 0) is 247 Å². The van der Waals surface area contributed by atoms with Gasteiger partial charge in [0.25, 0.3) is 0 Å². The molecule has 10 aliphatic heterocycles. The maximum Gasteiger partial charge on any atom is 0.219 e. The number of nitrogens with zero attached hydrogens (tertiary/aromatic N) is 14. The molecule has 32 heteroatoms. The van der Waals surface area contributed by atoms with Crippen LogP contribution < -0.4 is 10.0 Å². The highest BCUT2D eigenvalue weighted by Crippen LogP contribution is 2.23. The monoisotopic (exact) mass is 1540 g/mol. The first kappa shape index (κ1) is 96.4. The molecule has 0 bridgehead atoms. The Morgan fingerprint density at radius 1 is 0.398 bits per heavy atom. The first-order chi connectivity index (χ1) is 47.7. The number of carbonyl (C=O) groups is 2. The van der Waals surface area contributed by atoms with Crippen molar-refractivity contribution < 1.29 is 53.5 Å². The molecule has 8 unspecified atom stereocenters. The number of sulfone groups is 2. The molecule has 1 aromatic rings. The van der Waals surface area contributed by atoms with Crippen LogP contribution in [0.2, 0.25) is 0 Å². The molecule has 0 radical (unpaired) electrons.